The van der Waals surface area contributed by atoms with Crippen molar-refractivity contribution in [2.24, 2.45) is 17.8 Å². The van der Waals surface area contributed by atoms with Gasteiger partial charge in [0.05, 0.1) is 31.8 Å². The zero-order valence-corrected chi connectivity index (χ0v) is 14.5. The lowest BCUT2D eigenvalue weighted by Gasteiger charge is -2.34. The predicted molar refractivity (Wildman–Crippen MR) is 88.8 cm³/mol. The highest BCUT2D eigenvalue weighted by molar-refractivity contribution is 5.90. The zero-order valence-electron chi connectivity index (χ0n) is 14.5. The molecule has 1 saturated heterocycles. The molecule has 1 aromatic carbocycles. The van der Waals surface area contributed by atoms with Crippen LogP contribution in [0.25, 0.3) is 0 Å². The summed E-state index contributed by atoms with van der Waals surface area (Å²) in [6, 6.07) is 8.40. The van der Waals surface area contributed by atoms with E-state index in [2.05, 4.69) is 0 Å². The molecule has 0 saturated carbocycles. The molecule has 0 spiro atoms. The number of ether oxygens (including phenoxy) is 4. The van der Waals surface area contributed by atoms with Gasteiger partial charge < -0.3 is 18.9 Å². The van der Waals surface area contributed by atoms with Gasteiger partial charge in [-0.15, -0.1) is 0 Å². The van der Waals surface area contributed by atoms with Crippen molar-refractivity contribution in [3.8, 4) is 0 Å². The molecule has 1 aliphatic heterocycles. The van der Waals surface area contributed by atoms with Crippen molar-refractivity contribution >= 4 is 17.9 Å². The van der Waals surface area contributed by atoms with Crippen LogP contribution in [-0.4, -0.2) is 44.3 Å². The van der Waals surface area contributed by atoms with Crippen LogP contribution in [-0.2, 0) is 28.5 Å². The maximum absolute atomic E-state index is 12.6. The third-order valence-electron chi connectivity index (χ3n) is 4.56. The highest BCUT2D eigenvalue weighted by Gasteiger charge is 2.54. The number of rotatable bonds is 5. The molecule has 4 atom stereocenters. The van der Waals surface area contributed by atoms with Gasteiger partial charge in [-0.2, -0.15) is 0 Å². The number of carbonyl (C=O) groups is 3. The summed E-state index contributed by atoms with van der Waals surface area (Å²) >= 11 is 0. The Morgan fingerprint density at radius 3 is 2.62 bits per heavy atom. The Labute approximate surface area is 150 Å². The minimum atomic E-state index is -1.06. The molecule has 0 radical (unpaired) electrons. The van der Waals surface area contributed by atoms with Gasteiger partial charge in [-0.05, 0) is 25.1 Å². The minimum Gasteiger partial charge on any atom is -0.497 e. The van der Waals surface area contributed by atoms with Crippen LogP contribution in [0.2, 0.25) is 0 Å². The van der Waals surface area contributed by atoms with Crippen molar-refractivity contribution in [2.75, 3.05) is 20.3 Å². The smallest absolute Gasteiger partial charge is 0.338 e. The molecule has 3 rings (SSSR count). The Kier molecular flexibility index (Phi) is 5.25. The second kappa shape index (κ2) is 7.59. The third kappa shape index (κ3) is 3.29. The fraction of sp³-hybridized carbons (Fsp3) is 0.421. The Hall–Kier alpha value is -2.83. The van der Waals surface area contributed by atoms with E-state index in [1.165, 1.54) is 7.11 Å². The Balaban J connectivity index is 1.94. The number of cyclic esters (lactones) is 1. The molecule has 0 aromatic heterocycles. The second-order valence-corrected chi connectivity index (χ2v) is 6.06. The van der Waals surface area contributed by atoms with Crippen LogP contribution >= 0.6 is 0 Å². The maximum atomic E-state index is 12.6. The van der Waals surface area contributed by atoms with Gasteiger partial charge in [-0.1, -0.05) is 18.2 Å². The maximum Gasteiger partial charge on any atom is 0.338 e. The van der Waals surface area contributed by atoms with E-state index in [4.69, 9.17) is 18.9 Å². The number of esters is 3. The van der Waals surface area contributed by atoms with Gasteiger partial charge in [0.15, 0.2) is 6.10 Å². The first kappa shape index (κ1) is 18.0. The first-order valence-electron chi connectivity index (χ1n) is 8.41. The monoisotopic (exact) mass is 360 g/mol. The van der Waals surface area contributed by atoms with Gasteiger partial charge in [0.1, 0.15) is 11.7 Å². The van der Waals surface area contributed by atoms with Crippen molar-refractivity contribution in [3.63, 3.8) is 0 Å². The van der Waals surface area contributed by atoms with Crippen LogP contribution in [0.4, 0.5) is 0 Å². The topological polar surface area (TPSA) is 88.1 Å². The largest absolute Gasteiger partial charge is 0.497 e. The standard InChI is InChI=1S/C19H20O7/c1-3-24-19(22)15-14-12(10-25-18(14)21)9-13(23-2)16(15)26-17(20)11-7-5-4-6-8-11/h4-9,12,14-16H,3,10H2,1-2H3/t12-,14-,15+,16+/m0/s1. The molecule has 1 heterocycles. The average molecular weight is 360 g/mol. The molecule has 7 heteroatoms. The Morgan fingerprint density at radius 1 is 1.23 bits per heavy atom. The van der Waals surface area contributed by atoms with E-state index in [0.29, 0.717) is 11.3 Å². The van der Waals surface area contributed by atoms with Gasteiger partial charge in [-0.3, -0.25) is 9.59 Å². The average Bonchev–Trinajstić information content (AvgIpc) is 3.02. The van der Waals surface area contributed by atoms with Crippen molar-refractivity contribution in [1.29, 1.82) is 0 Å². The summed E-state index contributed by atoms with van der Waals surface area (Å²) in [6.45, 7) is 1.97. The van der Waals surface area contributed by atoms with Crippen LogP contribution in [0, 0.1) is 17.8 Å². The normalized spacial score (nSPS) is 27.0. The predicted octanol–water partition coefficient (Wildman–Crippen LogP) is 1.72. The molecule has 0 amide bonds. The van der Waals surface area contributed by atoms with Crippen LogP contribution in [0.15, 0.2) is 42.2 Å². The lowest BCUT2D eigenvalue weighted by molar-refractivity contribution is -0.161. The zero-order chi connectivity index (χ0) is 18.7. The SMILES string of the molecule is CCOC(=O)[C@@H]1[C@H]2C(=O)OC[C@@H]2C=C(OC)[C@H]1OC(=O)c1ccccc1. The highest BCUT2D eigenvalue weighted by atomic mass is 16.6. The molecule has 1 aliphatic carbocycles. The molecule has 0 unspecified atom stereocenters. The molecule has 0 N–H and O–H groups in total. The van der Waals surface area contributed by atoms with E-state index in [1.54, 1.807) is 43.3 Å². The quantitative estimate of drug-likeness (QED) is 0.583. The van der Waals surface area contributed by atoms with E-state index in [1.807, 2.05) is 0 Å². The lowest BCUT2D eigenvalue weighted by Crippen LogP contribution is -2.46. The summed E-state index contributed by atoms with van der Waals surface area (Å²) in [7, 11) is 1.43. The summed E-state index contributed by atoms with van der Waals surface area (Å²) in [5.41, 5.74) is 0.335. The minimum absolute atomic E-state index is 0.146. The van der Waals surface area contributed by atoms with Gasteiger partial charge in [0.25, 0.3) is 0 Å². The van der Waals surface area contributed by atoms with Gasteiger partial charge >= 0.3 is 17.9 Å². The molecular formula is C19H20O7. The third-order valence-corrected chi connectivity index (χ3v) is 4.56. The summed E-state index contributed by atoms with van der Waals surface area (Å²) in [4.78, 5) is 37.3. The number of fused-ring (bicyclic) bond motifs is 1. The fourth-order valence-corrected chi connectivity index (χ4v) is 3.37. The van der Waals surface area contributed by atoms with Gasteiger partial charge in [0, 0.05) is 5.92 Å². The summed E-state index contributed by atoms with van der Waals surface area (Å²) in [5.74, 6) is -3.51. The lowest BCUT2D eigenvalue weighted by atomic mass is 9.75. The fourth-order valence-electron chi connectivity index (χ4n) is 3.37. The molecule has 26 heavy (non-hydrogen) atoms. The van der Waals surface area contributed by atoms with Gasteiger partial charge in [-0.25, -0.2) is 4.79 Å². The van der Waals surface area contributed by atoms with E-state index in [-0.39, 0.29) is 19.1 Å². The van der Waals surface area contributed by atoms with Crippen molar-refractivity contribution in [3.05, 3.63) is 47.7 Å². The summed E-state index contributed by atoms with van der Waals surface area (Å²) in [6.07, 6.45) is 0.632. The first-order chi connectivity index (χ1) is 12.6. The van der Waals surface area contributed by atoms with Crippen LogP contribution < -0.4 is 0 Å². The molecule has 0 bridgehead atoms. The second-order valence-electron chi connectivity index (χ2n) is 6.06. The van der Waals surface area contributed by atoms with E-state index >= 15 is 0 Å². The van der Waals surface area contributed by atoms with Crippen molar-refractivity contribution in [2.45, 2.75) is 13.0 Å². The van der Waals surface area contributed by atoms with E-state index in [9.17, 15) is 14.4 Å². The van der Waals surface area contributed by atoms with Crippen LogP contribution in [0.3, 0.4) is 0 Å². The number of methoxy groups -OCH3 is 1. The Bertz CT molecular complexity index is 725. The molecule has 1 aromatic rings. The molecule has 1 fully saturated rings. The molecule has 7 nitrogen and oxygen atoms in total. The van der Waals surface area contributed by atoms with E-state index < -0.39 is 35.8 Å². The number of hydrogen-bond acceptors (Lipinski definition) is 7. The van der Waals surface area contributed by atoms with Crippen LogP contribution in [0.5, 0.6) is 0 Å². The van der Waals surface area contributed by atoms with Crippen molar-refractivity contribution in [1.82, 2.24) is 0 Å². The number of carbonyl (C=O) groups excluding carboxylic acids is 3. The molecule has 138 valence electrons. The Morgan fingerprint density at radius 2 is 1.96 bits per heavy atom. The highest BCUT2D eigenvalue weighted by Crippen LogP contribution is 2.41. The molecular weight excluding hydrogens is 340 g/mol. The number of benzene rings is 1. The van der Waals surface area contributed by atoms with Gasteiger partial charge in [0.2, 0.25) is 0 Å². The van der Waals surface area contributed by atoms with Crippen LogP contribution in [0.1, 0.15) is 17.3 Å². The summed E-state index contributed by atoms with van der Waals surface area (Å²) in [5, 5.41) is 0. The van der Waals surface area contributed by atoms with E-state index in [0.717, 1.165) is 0 Å². The van der Waals surface area contributed by atoms with Crippen molar-refractivity contribution < 1.29 is 33.3 Å². The summed E-state index contributed by atoms with van der Waals surface area (Å²) < 4.78 is 21.2. The number of hydrogen-bond donors (Lipinski definition) is 0. The molecule has 2 aliphatic rings. The first-order valence-corrected chi connectivity index (χ1v) is 8.41.